The molecule has 0 aliphatic heterocycles. The van der Waals surface area contributed by atoms with Crippen LogP contribution in [0.2, 0.25) is 0 Å². The van der Waals surface area contributed by atoms with Crippen molar-refractivity contribution in [3.8, 4) is 11.6 Å². The first kappa shape index (κ1) is 18.1. The van der Waals surface area contributed by atoms with Crippen molar-refractivity contribution in [2.45, 2.75) is 4.90 Å². The van der Waals surface area contributed by atoms with Gasteiger partial charge in [-0.05, 0) is 18.2 Å². The summed E-state index contributed by atoms with van der Waals surface area (Å²) in [5, 5.41) is 3.85. The minimum absolute atomic E-state index is 0.00954. The third-order valence-electron chi connectivity index (χ3n) is 2.97. The first-order chi connectivity index (χ1) is 11.6. The van der Waals surface area contributed by atoms with E-state index in [-0.39, 0.29) is 27.6 Å². The lowest BCUT2D eigenvalue weighted by Gasteiger charge is -2.10. The molecule has 1 aromatic carbocycles. The number of hydrogen-bond acceptors (Lipinski definition) is 6. The number of amides is 1. The molecule has 25 heavy (non-hydrogen) atoms. The van der Waals surface area contributed by atoms with Gasteiger partial charge < -0.3 is 16.2 Å². The number of nitrogens with zero attached hydrogens (tertiary/aromatic N) is 3. The average Bonchev–Trinajstić information content (AvgIpc) is 2.49. The van der Waals surface area contributed by atoms with Gasteiger partial charge in [0.1, 0.15) is 10.6 Å². The summed E-state index contributed by atoms with van der Waals surface area (Å²) in [5.41, 5.74) is 9.90. The Morgan fingerprint density at radius 1 is 1.24 bits per heavy atom. The van der Waals surface area contributed by atoms with Gasteiger partial charge in [-0.2, -0.15) is 4.99 Å². The predicted octanol–water partition coefficient (Wildman–Crippen LogP) is -0.610. The number of aliphatic imine (C=N–C) groups is 1. The summed E-state index contributed by atoms with van der Waals surface area (Å²) in [6.45, 7) is 0. The zero-order valence-corrected chi connectivity index (χ0v) is 14.1. The number of hydrogen-bond donors (Lipinski definition) is 2. The maximum Gasteiger partial charge on any atom is 0.280 e. The van der Waals surface area contributed by atoms with Crippen molar-refractivity contribution < 1.29 is 17.9 Å². The standard InChI is InChI=1S/C14H15N5O5S/c1-19-12(20)6-5-11(18-19)24-9-4-3-8(13(21)17-14(15)16)7-10(9)25(2,22)23/h3-7H,1-2H3,(H4,15,16,17,21). The summed E-state index contributed by atoms with van der Waals surface area (Å²) < 4.78 is 30.5. The number of ether oxygens (including phenoxy) is 1. The predicted molar refractivity (Wildman–Crippen MR) is 89.2 cm³/mol. The normalized spacial score (nSPS) is 11.0. The molecular formula is C14H15N5O5S. The number of aryl methyl sites for hydroxylation is 1. The van der Waals surface area contributed by atoms with Gasteiger partial charge in [-0.3, -0.25) is 9.59 Å². The van der Waals surface area contributed by atoms with E-state index in [1.165, 1.54) is 31.3 Å². The summed E-state index contributed by atoms with van der Waals surface area (Å²) in [4.78, 5) is 26.3. The SMILES string of the molecule is Cn1nc(Oc2ccc(C(=O)N=C(N)N)cc2S(C)(=O)=O)ccc1=O. The average molecular weight is 365 g/mol. The quantitative estimate of drug-likeness (QED) is 0.536. The third-order valence-corrected chi connectivity index (χ3v) is 4.09. The zero-order chi connectivity index (χ0) is 18.8. The van der Waals surface area contributed by atoms with E-state index < -0.39 is 21.7 Å². The summed E-state index contributed by atoms with van der Waals surface area (Å²) in [5.74, 6) is -1.29. The van der Waals surface area contributed by atoms with E-state index in [0.717, 1.165) is 17.0 Å². The molecule has 10 nitrogen and oxygen atoms in total. The fourth-order valence-electron chi connectivity index (χ4n) is 1.84. The van der Waals surface area contributed by atoms with Crippen LogP contribution in [0.15, 0.2) is 45.0 Å². The second kappa shape index (κ2) is 6.73. The summed E-state index contributed by atoms with van der Waals surface area (Å²) in [7, 11) is -2.32. The molecule has 0 atom stereocenters. The van der Waals surface area contributed by atoms with Gasteiger partial charge in [-0.25, -0.2) is 13.1 Å². The van der Waals surface area contributed by atoms with Crippen LogP contribution in [0.4, 0.5) is 0 Å². The Morgan fingerprint density at radius 2 is 1.92 bits per heavy atom. The molecule has 0 aliphatic rings. The topological polar surface area (TPSA) is 160 Å². The molecule has 0 spiro atoms. The van der Waals surface area contributed by atoms with Crippen molar-refractivity contribution in [3.63, 3.8) is 0 Å². The van der Waals surface area contributed by atoms with E-state index in [1.54, 1.807) is 0 Å². The van der Waals surface area contributed by atoms with Gasteiger partial charge in [0, 0.05) is 31.0 Å². The minimum Gasteiger partial charge on any atom is -0.436 e. The zero-order valence-electron chi connectivity index (χ0n) is 13.3. The van der Waals surface area contributed by atoms with Crippen molar-refractivity contribution in [1.29, 1.82) is 0 Å². The molecule has 0 aliphatic carbocycles. The third kappa shape index (κ3) is 4.41. The number of guanidine groups is 1. The van der Waals surface area contributed by atoms with Crippen LogP contribution >= 0.6 is 0 Å². The highest BCUT2D eigenvalue weighted by atomic mass is 32.2. The molecule has 0 saturated carbocycles. The van der Waals surface area contributed by atoms with Gasteiger partial charge >= 0.3 is 0 Å². The number of nitrogens with two attached hydrogens (primary N) is 2. The summed E-state index contributed by atoms with van der Waals surface area (Å²) in [6.07, 6.45) is 0.957. The van der Waals surface area contributed by atoms with Crippen molar-refractivity contribution >= 4 is 21.7 Å². The molecule has 0 saturated heterocycles. The molecule has 132 valence electrons. The van der Waals surface area contributed by atoms with E-state index in [4.69, 9.17) is 16.2 Å². The fraction of sp³-hybridized carbons (Fsp3) is 0.143. The highest BCUT2D eigenvalue weighted by Gasteiger charge is 2.19. The van der Waals surface area contributed by atoms with Crippen LogP contribution in [0.1, 0.15) is 10.4 Å². The van der Waals surface area contributed by atoms with Crippen LogP contribution < -0.4 is 21.8 Å². The van der Waals surface area contributed by atoms with Crippen molar-refractivity contribution in [2.75, 3.05) is 6.26 Å². The largest absolute Gasteiger partial charge is 0.436 e. The lowest BCUT2D eigenvalue weighted by molar-refractivity contribution is 0.100. The molecule has 0 unspecified atom stereocenters. The maximum absolute atomic E-state index is 12.0. The summed E-state index contributed by atoms with van der Waals surface area (Å²) in [6, 6.07) is 6.20. The van der Waals surface area contributed by atoms with Crippen LogP contribution in [0.3, 0.4) is 0 Å². The first-order valence-corrected chi connectivity index (χ1v) is 8.67. The molecule has 1 aromatic heterocycles. The Kier molecular flexibility index (Phi) is 4.88. The molecule has 1 heterocycles. The van der Waals surface area contributed by atoms with Crippen LogP contribution in [-0.4, -0.2) is 36.3 Å². The number of rotatable bonds is 4. The van der Waals surface area contributed by atoms with E-state index >= 15 is 0 Å². The second-order valence-electron chi connectivity index (χ2n) is 5.01. The Labute approximate surface area is 142 Å². The fourth-order valence-corrected chi connectivity index (χ4v) is 2.66. The van der Waals surface area contributed by atoms with Crippen LogP contribution in [0.25, 0.3) is 0 Å². The summed E-state index contributed by atoms with van der Waals surface area (Å²) >= 11 is 0. The van der Waals surface area contributed by atoms with Crippen LogP contribution in [0.5, 0.6) is 11.6 Å². The molecule has 0 radical (unpaired) electrons. The lowest BCUT2D eigenvalue weighted by Crippen LogP contribution is -2.24. The first-order valence-electron chi connectivity index (χ1n) is 6.78. The van der Waals surface area contributed by atoms with Crippen molar-refractivity contribution in [1.82, 2.24) is 9.78 Å². The number of carbonyl (C=O) groups excluding carboxylic acids is 1. The van der Waals surface area contributed by atoms with Gasteiger partial charge in [0.15, 0.2) is 15.8 Å². The van der Waals surface area contributed by atoms with Gasteiger partial charge in [0.05, 0.1) is 0 Å². The molecule has 0 bridgehead atoms. The molecular weight excluding hydrogens is 350 g/mol. The van der Waals surface area contributed by atoms with Gasteiger partial charge in [0.25, 0.3) is 11.5 Å². The second-order valence-corrected chi connectivity index (χ2v) is 7.00. The number of carbonyl (C=O) groups is 1. The Morgan fingerprint density at radius 3 is 2.48 bits per heavy atom. The van der Waals surface area contributed by atoms with Gasteiger partial charge in [-0.1, -0.05) is 0 Å². The highest BCUT2D eigenvalue weighted by Crippen LogP contribution is 2.29. The Bertz CT molecular complexity index is 1020. The van der Waals surface area contributed by atoms with Crippen LogP contribution in [0, 0.1) is 0 Å². The highest BCUT2D eigenvalue weighted by molar-refractivity contribution is 7.90. The molecule has 4 N–H and O–H groups in total. The molecule has 0 fully saturated rings. The van der Waals surface area contributed by atoms with Crippen molar-refractivity contribution in [3.05, 3.63) is 46.2 Å². The van der Waals surface area contributed by atoms with Gasteiger partial charge in [0.2, 0.25) is 5.88 Å². The number of sulfone groups is 1. The van der Waals surface area contributed by atoms with E-state index in [1.807, 2.05) is 0 Å². The molecule has 2 rings (SSSR count). The van der Waals surface area contributed by atoms with E-state index in [9.17, 15) is 18.0 Å². The number of aromatic nitrogens is 2. The molecule has 2 aromatic rings. The van der Waals surface area contributed by atoms with E-state index in [0.29, 0.717) is 0 Å². The van der Waals surface area contributed by atoms with Crippen LogP contribution in [-0.2, 0) is 16.9 Å². The van der Waals surface area contributed by atoms with E-state index in [2.05, 4.69) is 10.1 Å². The number of benzene rings is 1. The Balaban J connectivity index is 2.51. The monoisotopic (exact) mass is 365 g/mol. The lowest BCUT2D eigenvalue weighted by atomic mass is 10.2. The maximum atomic E-state index is 12.0. The molecule has 11 heteroatoms. The molecule has 1 amide bonds. The smallest absolute Gasteiger partial charge is 0.280 e. The Hall–Kier alpha value is -3.21. The minimum atomic E-state index is -3.74. The van der Waals surface area contributed by atoms with Gasteiger partial charge in [-0.15, -0.1) is 5.10 Å². The van der Waals surface area contributed by atoms with Crippen molar-refractivity contribution in [2.24, 2.45) is 23.5 Å².